The number of Topliss-reactive ketones (excluding diaryl/α,β-unsaturated/α-hetero) is 1. The fourth-order valence-corrected chi connectivity index (χ4v) is 2.48. The summed E-state index contributed by atoms with van der Waals surface area (Å²) >= 11 is 7.00. The molecule has 2 aromatic rings. The number of thiophene rings is 1. The van der Waals surface area contributed by atoms with Crippen molar-refractivity contribution in [1.29, 1.82) is 0 Å². The van der Waals surface area contributed by atoms with Gasteiger partial charge in [0.15, 0.2) is 5.78 Å². The zero-order valence-corrected chi connectivity index (χ0v) is 10.7. The van der Waals surface area contributed by atoms with Crippen molar-refractivity contribution in [1.82, 2.24) is 4.57 Å². The maximum Gasteiger partial charge on any atom is 0.251 e. The Bertz CT molecular complexity index is 615. The molecule has 0 aromatic carbocycles. The maximum absolute atomic E-state index is 11.9. The van der Waals surface area contributed by atoms with Crippen LogP contribution in [0.4, 0.5) is 0 Å². The monoisotopic (exact) mass is 267 g/mol. The van der Waals surface area contributed by atoms with Crippen LogP contribution < -0.4 is 5.56 Å². The lowest BCUT2D eigenvalue weighted by atomic mass is 10.3. The fraction of sp³-hybridized carbons (Fsp3) is 0.167. The van der Waals surface area contributed by atoms with Crippen molar-refractivity contribution in [2.24, 2.45) is 0 Å². The molecule has 5 heteroatoms. The Hall–Kier alpha value is -1.39. The van der Waals surface area contributed by atoms with E-state index in [1.54, 1.807) is 31.2 Å². The van der Waals surface area contributed by atoms with Crippen LogP contribution in [0.1, 0.15) is 15.4 Å². The highest BCUT2D eigenvalue weighted by atomic mass is 35.5. The van der Waals surface area contributed by atoms with Gasteiger partial charge in [-0.05, 0) is 25.1 Å². The average Bonchev–Trinajstić information content (AvgIpc) is 2.70. The van der Waals surface area contributed by atoms with Crippen LogP contribution in [0.15, 0.2) is 35.1 Å². The third kappa shape index (κ3) is 2.65. The van der Waals surface area contributed by atoms with Gasteiger partial charge in [0, 0.05) is 11.8 Å². The Labute approximate surface area is 107 Å². The summed E-state index contributed by atoms with van der Waals surface area (Å²) in [5.74, 6) is -0.0988. The van der Waals surface area contributed by atoms with E-state index in [4.69, 9.17) is 11.6 Å². The number of carbonyl (C=O) groups is 1. The van der Waals surface area contributed by atoms with Gasteiger partial charge in [0.05, 0.1) is 15.8 Å². The van der Waals surface area contributed by atoms with Crippen LogP contribution in [0.25, 0.3) is 0 Å². The summed E-state index contributed by atoms with van der Waals surface area (Å²) in [4.78, 5) is 24.1. The van der Waals surface area contributed by atoms with Crippen LogP contribution in [0.2, 0.25) is 4.34 Å². The molecule has 0 aliphatic heterocycles. The quantitative estimate of drug-likeness (QED) is 0.802. The zero-order chi connectivity index (χ0) is 12.4. The molecule has 17 heavy (non-hydrogen) atoms. The van der Waals surface area contributed by atoms with Gasteiger partial charge in [-0.2, -0.15) is 0 Å². The van der Waals surface area contributed by atoms with E-state index < -0.39 is 0 Å². The van der Waals surface area contributed by atoms with Crippen molar-refractivity contribution >= 4 is 28.7 Å². The normalized spacial score (nSPS) is 10.5. The van der Waals surface area contributed by atoms with Gasteiger partial charge in [0.2, 0.25) is 0 Å². The molecule has 0 bridgehead atoms. The molecule has 2 aromatic heterocycles. The number of carbonyl (C=O) groups excluding carboxylic acids is 1. The van der Waals surface area contributed by atoms with Crippen molar-refractivity contribution < 1.29 is 4.79 Å². The molecule has 0 radical (unpaired) electrons. The van der Waals surface area contributed by atoms with Crippen molar-refractivity contribution in [3.05, 3.63) is 55.6 Å². The topological polar surface area (TPSA) is 39.1 Å². The summed E-state index contributed by atoms with van der Waals surface area (Å²) in [6, 6.07) is 8.29. The van der Waals surface area contributed by atoms with Crippen molar-refractivity contribution in [2.75, 3.05) is 0 Å². The Morgan fingerprint density at radius 2 is 2.12 bits per heavy atom. The summed E-state index contributed by atoms with van der Waals surface area (Å²) in [6.45, 7) is 1.86. The van der Waals surface area contributed by atoms with Crippen LogP contribution >= 0.6 is 22.9 Å². The van der Waals surface area contributed by atoms with Gasteiger partial charge in [0.1, 0.15) is 0 Å². The lowest BCUT2D eigenvalue weighted by Crippen LogP contribution is -2.24. The molecule has 88 valence electrons. The Balaban J connectivity index is 2.28. The molecule has 0 aliphatic carbocycles. The average molecular weight is 268 g/mol. The third-order valence-corrected chi connectivity index (χ3v) is 3.69. The maximum atomic E-state index is 11.9. The molecule has 0 fully saturated rings. The van der Waals surface area contributed by atoms with Gasteiger partial charge in [0.25, 0.3) is 5.56 Å². The highest BCUT2D eigenvalue weighted by Crippen LogP contribution is 2.22. The molecule has 0 saturated carbocycles. The van der Waals surface area contributed by atoms with Gasteiger partial charge >= 0.3 is 0 Å². The van der Waals surface area contributed by atoms with Crippen molar-refractivity contribution in [3.8, 4) is 0 Å². The second-order valence-corrected chi connectivity index (χ2v) is 5.33. The van der Waals surface area contributed by atoms with Crippen molar-refractivity contribution in [2.45, 2.75) is 13.5 Å². The van der Waals surface area contributed by atoms with Gasteiger partial charge in [-0.15, -0.1) is 11.3 Å². The standard InChI is InChI=1S/C12H10ClNO2S/c1-8-3-2-4-12(16)14(8)7-9(15)10-5-6-11(13)17-10/h2-6H,7H2,1H3. The van der Waals surface area contributed by atoms with Crippen molar-refractivity contribution in [3.63, 3.8) is 0 Å². The van der Waals surface area contributed by atoms with E-state index in [2.05, 4.69) is 0 Å². The number of hydrogen-bond acceptors (Lipinski definition) is 3. The summed E-state index contributed by atoms with van der Waals surface area (Å²) in [6.07, 6.45) is 0. The molecule has 0 amide bonds. The van der Waals surface area contributed by atoms with Crippen LogP contribution in [0.5, 0.6) is 0 Å². The van der Waals surface area contributed by atoms with E-state index in [1.807, 2.05) is 0 Å². The van der Waals surface area contributed by atoms with Crippen LogP contribution in [-0.2, 0) is 6.54 Å². The van der Waals surface area contributed by atoms with E-state index >= 15 is 0 Å². The first kappa shape index (κ1) is 12.1. The second kappa shape index (κ2) is 4.85. The fourth-order valence-electron chi connectivity index (χ4n) is 1.51. The molecule has 3 nitrogen and oxygen atoms in total. The molecule has 0 N–H and O–H groups in total. The molecule has 2 rings (SSSR count). The van der Waals surface area contributed by atoms with E-state index in [-0.39, 0.29) is 17.9 Å². The smallest absolute Gasteiger partial charge is 0.251 e. The molecule has 0 unspecified atom stereocenters. The Kier molecular flexibility index (Phi) is 3.45. The number of hydrogen-bond donors (Lipinski definition) is 0. The summed E-state index contributed by atoms with van der Waals surface area (Å²) in [5.41, 5.74) is 0.606. The van der Waals surface area contributed by atoms with Gasteiger partial charge in [-0.25, -0.2) is 0 Å². The first-order chi connectivity index (χ1) is 8.08. The molecule has 2 heterocycles. The number of pyridine rings is 1. The largest absolute Gasteiger partial charge is 0.305 e. The SMILES string of the molecule is Cc1cccc(=O)n1CC(=O)c1ccc(Cl)s1. The second-order valence-electron chi connectivity index (χ2n) is 3.62. The number of rotatable bonds is 3. The molecule has 0 saturated heterocycles. The van der Waals surface area contributed by atoms with E-state index in [9.17, 15) is 9.59 Å². The molecule has 0 aliphatic rings. The number of halogens is 1. The summed E-state index contributed by atoms with van der Waals surface area (Å²) in [5, 5.41) is 0. The summed E-state index contributed by atoms with van der Waals surface area (Å²) < 4.78 is 2.03. The minimum Gasteiger partial charge on any atom is -0.305 e. The third-order valence-electron chi connectivity index (χ3n) is 2.42. The number of aromatic nitrogens is 1. The van der Waals surface area contributed by atoms with Gasteiger partial charge < -0.3 is 4.57 Å². The first-order valence-electron chi connectivity index (χ1n) is 5.03. The van der Waals surface area contributed by atoms with Crippen LogP contribution in [0.3, 0.4) is 0 Å². The lowest BCUT2D eigenvalue weighted by molar-refractivity contribution is 0.0974. The predicted molar refractivity (Wildman–Crippen MR) is 69.1 cm³/mol. The minimum atomic E-state index is -0.166. The number of aryl methyl sites for hydroxylation is 1. The number of ketones is 1. The van der Waals surface area contributed by atoms with Gasteiger partial charge in [-0.1, -0.05) is 17.7 Å². The highest BCUT2D eigenvalue weighted by Gasteiger charge is 2.11. The highest BCUT2D eigenvalue weighted by molar-refractivity contribution is 7.18. The lowest BCUT2D eigenvalue weighted by Gasteiger charge is -2.07. The van der Waals surface area contributed by atoms with E-state index in [0.29, 0.717) is 9.21 Å². The zero-order valence-electron chi connectivity index (χ0n) is 9.14. The molecule has 0 spiro atoms. The predicted octanol–water partition coefficient (Wildman–Crippen LogP) is 2.75. The Morgan fingerprint density at radius 1 is 1.35 bits per heavy atom. The molecular weight excluding hydrogens is 258 g/mol. The Morgan fingerprint density at radius 3 is 2.71 bits per heavy atom. The first-order valence-corrected chi connectivity index (χ1v) is 6.22. The van der Waals surface area contributed by atoms with Gasteiger partial charge in [-0.3, -0.25) is 9.59 Å². The number of nitrogens with zero attached hydrogens (tertiary/aromatic N) is 1. The summed E-state index contributed by atoms with van der Waals surface area (Å²) in [7, 11) is 0. The van der Waals surface area contributed by atoms with Crippen LogP contribution in [0, 0.1) is 6.92 Å². The minimum absolute atomic E-state index is 0.0579. The van der Waals surface area contributed by atoms with E-state index in [1.165, 1.54) is 22.0 Å². The van der Waals surface area contributed by atoms with E-state index in [0.717, 1.165) is 5.69 Å². The molecule has 0 atom stereocenters. The van der Waals surface area contributed by atoms with Crippen LogP contribution in [-0.4, -0.2) is 10.4 Å². The molecular formula is C12H10ClNO2S.